The van der Waals surface area contributed by atoms with Crippen LogP contribution in [0.25, 0.3) is 0 Å². The van der Waals surface area contributed by atoms with E-state index in [1.807, 2.05) is 4.98 Å². The molecular weight excluding hydrogens is 584 g/mol. The minimum atomic E-state index is -2.95. The highest BCUT2D eigenvalue weighted by Gasteiger charge is 2.72. The Balaban J connectivity index is 0.000000257. The molecule has 2 fully saturated rings. The van der Waals surface area contributed by atoms with E-state index in [1.165, 1.54) is 0 Å². The largest absolute Gasteiger partial charge is 0.394 e. The van der Waals surface area contributed by atoms with Gasteiger partial charge in [-0.25, -0.2) is 9.59 Å². The normalized spacial score (nSPS) is 31.7. The highest BCUT2D eigenvalue weighted by molar-refractivity contribution is 5.97. The second-order valence-corrected chi connectivity index (χ2v) is 9.71. The van der Waals surface area contributed by atoms with Gasteiger partial charge in [-0.15, -0.1) is 0 Å². The standard InChI is InChI=1S/C15H18N2O9.C9H12N2O6/c1-7(19)14(25)12(23)10(6-18)26-15(14,8(2)20)16-5-4-11(22)17(9(3)21)13(16)24;12-3-4-6(14)7(15)8(17-4)11-2-1-5(13)10-9(11)16/h4-5,10,12,18,23,25H,6H2,1-3H3;1-2,4,6-8,12,14-15H,3H2,(H,10,13,16)/t10-,12-,14-,15-;4-,6-,7-,8-/m11/s1. The summed E-state index contributed by atoms with van der Waals surface area (Å²) >= 11 is 0. The van der Waals surface area contributed by atoms with Crippen molar-refractivity contribution in [3.8, 4) is 0 Å². The third-order valence-electron chi connectivity index (χ3n) is 7.09. The van der Waals surface area contributed by atoms with Crippen LogP contribution in [-0.4, -0.2) is 116 Å². The third-order valence-corrected chi connectivity index (χ3v) is 7.09. The van der Waals surface area contributed by atoms with E-state index in [0.29, 0.717) is 4.57 Å². The van der Waals surface area contributed by atoms with Crippen molar-refractivity contribution in [2.45, 2.75) is 68.8 Å². The van der Waals surface area contributed by atoms with Crippen molar-refractivity contribution >= 4 is 17.5 Å². The number of aliphatic hydroxyl groups is 6. The lowest BCUT2D eigenvalue weighted by atomic mass is 9.80. The molecule has 0 radical (unpaired) electrons. The van der Waals surface area contributed by atoms with Gasteiger partial charge in [0.2, 0.25) is 17.2 Å². The van der Waals surface area contributed by atoms with Gasteiger partial charge in [-0.1, -0.05) is 0 Å². The number of nitrogens with one attached hydrogen (secondary N) is 1. The number of aromatic amines is 1. The van der Waals surface area contributed by atoms with E-state index in [0.717, 1.165) is 49.9 Å². The minimum absolute atomic E-state index is 0.174. The smallest absolute Gasteiger partial charge is 0.340 e. The van der Waals surface area contributed by atoms with Gasteiger partial charge in [-0.2, -0.15) is 4.57 Å². The molecule has 0 unspecified atom stereocenters. The fourth-order valence-electron chi connectivity index (χ4n) is 4.93. The summed E-state index contributed by atoms with van der Waals surface area (Å²) in [5.41, 5.74) is -9.42. The highest BCUT2D eigenvalue weighted by atomic mass is 16.6. The average molecular weight is 615 g/mol. The average Bonchev–Trinajstić information content (AvgIpc) is 3.35. The van der Waals surface area contributed by atoms with E-state index in [1.54, 1.807) is 0 Å². The molecular formula is C24H30N4O15. The maximum atomic E-state index is 12.6. The summed E-state index contributed by atoms with van der Waals surface area (Å²) in [6.07, 6.45) is -6.45. The van der Waals surface area contributed by atoms with E-state index in [-0.39, 0.29) is 4.57 Å². The molecule has 0 aliphatic carbocycles. The zero-order valence-electron chi connectivity index (χ0n) is 22.9. The van der Waals surface area contributed by atoms with Crippen LogP contribution in [-0.2, 0) is 24.8 Å². The molecule has 2 aromatic rings. The van der Waals surface area contributed by atoms with Crippen LogP contribution in [0.15, 0.2) is 43.7 Å². The highest BCUT2D eigenvalue weighted by Crippen LogP contribution is 2.44. The van der Waals surface area contributed by atoms with Gasteiger partial charge < -0.3 is 40.1 Å². The molecule has 2 aliphatic rings. The van der Waals surface area contributed by atoms with Crippen LogP contribution < -0.4 is 22.5 Å². The number of Topliss-reactive ketones (excluding diaryl/α,β-unsaturated/α-hetero) is 2. The molecule has 0 amide bonds. The topological polar surface area (TPSA) is 290 Å². The quantitative estimate of drug-likeness (QED) is 0.159. The predicted molar refractivity (Wildman–Crippen MR) is 138 cm³/mol. The lowest BCUT2D eigenvalue weighted by Gasteiger charge is -2.38. The molecule has 0 spiro atoms. The zero-order chi connectivity index (χ0) is 32.6. The molecule has 19 nitrogen and oxygen atoms in total. The Bertz CT molecular complexity index is 1640. The lowest BCUT2D eigenvalue weighted by molar-refractivity contribution is -0.201. The predicted octanol–water partition coefficient (Wildman–Crippen LogP) is -5.87. The first kappa shape index (κ1) is 33.6. The van der Waals surface area contributed by atoms with Gasteiger partial charge in [0.15, 0.2) is 17.8 Å². The number of ketones is 2. The summed E-state index contributed by atoms with van der Waals surface area (Å²) in [4.78, 5) is 85.0. The van der Waals surface area contributed by atoms with Crippen molar-refractivity contribution in [1.29, 1.82) is 0 Å². The number of rotatable bonds is 6. The van der Waals surface area contributed by atoms with E-state index in [2.05, 4.69) is 0 Å². The van der Waals surface area contributed by atoms with Gasteiger partial charge in [0.05, 0.1) is 13.2 Å². The number of aliphatic hydroxyl groups excluding tert-OH is 5. The van der Waals surface area contributed by atoms with E-state index >= 15 is 0 Å². The van der Waals surface area contributed by atoms with Gasteiger partial charge >= 0.3 is 11.4 Å². The number of nitrogens with zero attached hydrogens (tertiary/aromatic N) is 3. The maximum absolute atomic E-state index is 12.6. The Kier molecular flexibility index (Phi) is 9.63. The number of aromatic nitrogens is 4. The van der Waals surface area contributed by atoms with Crippen LogP contribution in [0.4, 0.5) is 0 Å². The second kappa shape index (κ2) is 12.3. The van der Waals surface area contributed by atoms with E-state index in [9.17, 15) is 59.1 Å². The molecule has 236 valence electrons. The number of H-pyrrole nitrogens is 1. The van der Waals surface area contributed by atoms with Crippen LogP contribution in [0.1, 0.15) is 31.8 Å². The number of ether oxygens (including phenoxy) is 2. The Morgan fingerprint density at radius 3 is 1.98 bits per heavy atom. The van der Waals surface area contributed by atoms with Gasteiger partial charge in [-0.3, -0.25) is 38.1 Å². The SMILES string of the molecule is CC(=O)n1c(=O)ccn([C@]2(C(C)=O)O[C@H](CO)[C@@H](O)[C@]2(O)C(C)=O)c1=O.O=c1ccn([C@@H]2O[C@H](CO)[C@@H](O)[C@H]2O)c(=O)[nH]1. The minimum Gasteiger partial charge on any atom is -0.394 e. The first-order valence-electron chi connectivity index (χ1n) is 12.5. The zero-order valence-corrected chi connectivity index (χ0v) is 22.9. The molecule has 4 rings (SSSR count). The van der Waals surface area contributed by atoms with Crippen LogP contribution >= 0.6 is 0 Å². The first-order chi connectivity index (χ1) is 20.0. The van der Waals surface area contributed by atoms with Gasteiger partial charge in [-0.05, 0) is 13.8 Å². The number of hydrogen-bond acceptors (Lipinski definition) is 15. The number of carbonyl (C=O) groups is 3. The van der Waals surface area contributed by atoms with E-state index < -0.39 is 101 Å². The van der Waals surface area contributed by atoms with Crippen LogP contribution in [0.2, 0.25) is 0 Å². The van der Waals surface area contributed by atoms with Crippen molar-refractivity contribution in [3.63, 3.8) is 0 Å². The van der Waals surface area contributed by atoms with Crippen molar-refractivity contribution in [3.05, 3.63) is 66.2 Å². The Morgan fingerprint density at radius 1 is 0.907 bits per heavy atom. The van der Waals surface area contributed by atoms with Gasteiger partial charge in [0.1, 0.15) is 30.5 Å². The molecule has 8 atom stereocenters. The summed E-state index contributed by atoms with van der Waals surface area (Å²) in [6.45, 7) is 1.30. The van der Waals surface area contributed by atoms with Crippen LogP contribution in [0.5, 0.6) is 0 Å². The third kappa shape index (κ3) is 5.36. The molecule has 0 bridgehead atoms. The molecule has 2 saturated heterocycles. The van der Waals surface area contributed by atoms with Crippen molar-refractivity contribution in [2.75, 3.05) is 13.2 Å². The molecule has 0 saturated carbocycles. The fourth-order valence-corrected chi connectivity index (χ4v) is 4.93. The van der Waals surface area contributed by atoms with E-state index in [4.69, 9.17) is 14.6 Å². The summed E-state index contributed by atoms with van der Waals surface area (Å²) in [5.74, 6) is -3.17. The monoisotopic (exact) mass is 614 g/mol. The fraction of sp³-hybridized carbons (Fsp3) is 0.542. The molecule has 2 aliphatic heterocycles. The van der Waals surface area contributed by atoms with Crippen LogP contribution in [0, 0.1) is 0 Å². The lowest BCUT2D eigenvalue weighted by Crippen LogP contribution is -2.68. The van der Waals surface area contributed by atoms with Gasteiger partial charge in [0.25, 0.3) is 11.1 Å². The number of carbonyl (C=O) groups excluding carboxylic acids is 3. The molecule has 2 aromatic heterocycles. The molecule has 4 heterocycles. The summed E-state index contributed by atoms with van der Waals surface area (Å²) in [5, 5.41) is 58.6. The summed E-state index contributed by atoms with van der Waals surface area (Å²) in [6, 6.07) is 1.85. The van der Waals surface area contributed by atoms with Crippen molar-refractivity contribution in [2.24, 2.45) is 0 Å². The van der Waals surface area contributed by atoms with Crippen molar-refractivity contribution < 1.29 is 54.5 Å². The summed E-state index contributed by atoms with van der Waals surface area (Å²) < 4.78 is 12.0. The molecule has 7 N–H and O–H groups in total. The number of hydrogen-bond donors (Lipinski definition) is 7. The molecule has 0 aromatic carbocycles. The molecule has 43 heavy (non-hydrogen) atoms. The van der Waals surface area contributed by atoms with Crippen molar-refractivity contribution in [1.82, 2.24) is 18.7 Å². The Morgan fingerprint density at radius 2 is 1.51 bits per heavy atom. The Labute approximate surface area is 239 Å². The maximum Gasteiger partial charge on any atom is 0.340 e. The first-order valence-corrected chi connectivity index (χ1v) is 12.5. The second-order valence-electron chi connectivity index (χ2n) is 9.71. The Hall–Kier alpha value is -3.95. The summed E-state index contributed by atoms with van der Waals surface area (Å²) in [7, 11) is 0. The van der Waals surface area contributed by atoms with Gasteiger partial charge in [0, 0.05) is 31.5 Å². The van der Waals surface area contributed by atoms with Crippen LogP contribution in [0.3, 0.4) is 0 Å². The molecule has 19 heteroatoms.